The van der Waals surface area contributed by atoms with Gasteiger partial charge in [0.25, 0.3) is 0 Å². The minimum absolute atomic E-state index is 0.108. The zero-order chi connectivity index (χ0) is 16.8. The van der Waals surface area contributed by atoms with Crippen LogP contribution >= 0.6 is 0 Å². The van der Waals surface area contributed by atoms with Gasteiger partial charge in [-0.2, -0.15) is 4.98 Å². The molecule has 0 aromatic carbocycles. The third kappa shape index (κ3) is 4.41. The molecule has 1 unspecified atom stereocenters. The molecule has 0 radical (unpaired) electrons. The first-order chi connectivity index (χ1) is 11.0. The Kier molecular flexibility index (Phi) is 5.50. The minimum atomic E-state index is -0.900. The second kappa shape index (κ2) is 7.56. The van der Waals surface area contributed by atoms with E-state index >= 15 is 0 Å². The van der Waals surface area contributed by atoms with Gasteiger partial charge in [0, 0.05) is 24.4 Å². The topological polar surface area (TPSA) is 136 Å². The standard InChI is InChI=1S/C14H19N5O4/c1-8-4-16-12(22-2)3-10(8)23-11-6-18-14(19-13(11)15)17-5-9(21)7-20/h3-4,6,9,20-21H,5,7H2,1-2H3,(H3,15,17,18,19). The molecule has 0 bridgehead atoms. The number of pyridine rings is 1. The number of aliphatic hydroxyl groups is 2. The van der Waals surface area contributed by atoms with Crippen molar-refractivity contribution in [2.45, 2.75) is 13.0 Å². The fraction of sp³-hybridized carbons (Fsp3) is 0.357. The van der Waals surface area contributed by atoms with Crippen molar-refractivity contribution < 1.29 is 19.7 Å². The highest BCUT2D eigenvalue weighted by Gasteiger charge is 2.10. The fourth-order valence-electron chi connectivity index (χ4n) is 1.65. The van der Waals surface area contributed by atoms with Gasteiger partial charge in [-0.05, 0) is 6.92 Å². The molecule has 0 saturated heterocycles. The monoisotopic (exact) mass is 321 g/mol. The highest BCUT2D eigenvalue weighted by atomic mass is 16.5. The van der Waals surface area contributed by atoms with Crippen molar-refractivity contribution >= 4 is 11.8 Å². The SMILES string of the molecule is COc1cc(Oc2cnc(NCC(O)CO)nc2N)c(C)cn1. The van der Waals surface area contributed by atoms with Gasteiger partial charge in [-0.15, -0.1) is 0 Å². The Hall–Kier alpha value is -2.65. The summed E-state index contributed by atoms with van der Waals surface area (Å²) >= 11 is 0. The Morgan fingerprint density at radius 2 is 2.09 bits per heavy atom. The molecule has 2 heterocycles. The maximum absolute atomic E-state index is 9.28. The Labute approximate surface area is 133 Å². The van der Waals surface area contributed by atoms with E-state index in [1.54, 1.807) is 12.3 Å². The smallest absolute Gasteiger partial charge is 0.224 e. The Bertz CT molecular complexity index is 668. The van der Waals surface area contributed by atoms with Crippen LogP contribution in [0.2, 0.25) is 0 Å². The van der Waals surface area contributed by atoms with Crippen LogP contribution < -0.4 is 20.5 Å². The quantitative estimate of drug-likeness (QED) is 0.568. The molecule has 1 atom stereocenters. The average molecular weight is 321 g/mol. The van der Waals surface area contributed by atoms with Crippen LogP contribution in [-0.4, -0.2) is 51.5 Å². The van der Waals surface area contributed by atoms with Gasteiger partial charge >= 0.3 is 0 Å². The second-order valence-electron chi connectivity index (χ2n) is 4.75. The molecule has 0 aliphatic carbocycles. The zero-order valence-corrected chi connectivity index (χ0v) is 12.9. The summed E-state index contributed by atoms with van der Waals surface area (Å²) in [4.78, 5) is 12.2. The first-order valence-corrected chi connectivity index (χ1v) is 6.87. The van der Waals surface area contributed by atoms with Crippen molar-refractivity contribution in [3.63, 3.8) is 0 Å². The molecule has 0 amide bonds. The number of aliphatic hydroxyl groups excluding tert-OH is 2. The van der Waals surface area contributed by atoms with Crippen LogP contribution in [0.5, 0.6) is 17.4 Å². The summed E-state index contributed by atoms with van der Waals surface area (Å²) in [5.74, 6) is 1.60. The molecule has 0 spiro atoms. The predicted octanol–water partition coefficient (Wildman–Crippen LogP) is 0.328. The van der Waals surface area contributed by atoms with Crippen molar-refractivity contribution in [2.75, 3.05) is 31.3 Å². The summed E-state index contributed by atoms with van der Waals surface area (Å²) in [7, 11) is 1.51. The molecular formula is C14H19N5O4. The van der Waals surface area contributed by atoms with Gasteiger partial charge < -0.3 is 30.7 Å². The molecule has 5 N–H and O–H groups in total. The van der Waals surface area contributed by atoms with Crippen LogP contribution in [0.1, 0.15) is 5.56 Å². The van der Waals surface area contributed by atoms with Gasteiger partial charge in [0.05, 0.1) is 26.0 Å². The molecule has 0 aliphatic heterocycles. The maximum atomic E-state index is 9.28. The molecule has 2 rings (SSSR count). The van der Waals surface area contributed by atoms with Gasteiger partial charge in [-0.1, -0.05) is 0 Å². The summed E-state index contributed by atoms with van der Waals surface area (Å²) < 4.78 is 10.8. The summed E-state index contributed by atoms with van der Waals surface area (Å²) in [6.07, 6.45) is 2.14. The molecular weight excluding hydrogens is 302 g/mol. The Morgan fingerprint density at radius 1 is 1.30 bits per heavy atom. The number of methoxy groups -OCH3 is 1. The van der Waals surface area contributed by atoms with Crippen LogP contribution in [0.25, 0.3) is 0 Å². The second-order valence-corrected chi connectivity index (χ2v) is 4.75. The molecule has 2 aromatic heterocycles. The number of aromatic nitrogens is 3. The minimum Gasteiger partial charge on any atom is -0.481 e. The molecule has 23 heavy (non-hydrogen) atoms. The lowest BCUT2D eigenvalue weighted by atomic mass is 10.3. The van der Waals surface area contributed by atoms with E-state index in [4.69, 9.17) is 20.3 Å². The predicted molar refractivity (Wildman–Crippen MR) is 83.6 cm³/mol. The molecule has 2 aromatic rings. The number of rotatable bonds is 7. The van der Waals surface area contributed by atoms with Crippen LogP contribution in [0.4, 0.5) is 11.8 Å². The van der Waals surface area contributed by atoms with E-state index in [0.717, 1.165) is 5.56 Å². The van der Waals surface area contributed by atoms with Crippen molar-refractivity contribution in [3.8, 4) is 17.4 Å². The van der Waals surface area contributed by atoms with Crippen LogP contribution in [0.3, 0.4) is 0 Å². The molecule has 9 heteroatoms. The lowest BCUT2D eigenvalue weighted by Gasteiger charge is -2.12. The molecule has 0 fully saturated rings. The van der Waals surface area contributed by atoms with Gasteiger partial charge in [0.1, 0.15) is 5.75 Å². The lowest BCUT2D eigenvalue weighted by Crippen LogP contribution is -2.23. The fourth-order valence-corrected chi connectivity index (χ4v) is 1.65. The Balaban J connectivity index is 2.12. The summed E-state index contributed by atoms with van der Waals surface area (Å²) in [5, 5.41) is 20.8. The van der Waals surface area contributed by atoms with E-state index in [-0.39, 0.29) is 30.7 Å². The van der Waals surface area contributed by atoms with Crippen LogP contribution in [0.15, 0.2) is 18.5 Å². The van der Waals surface area contributed by atoms with Crippen molar-refractivity contribution in [3.05, 3.63) is 24.0 Å². The third-order valence-corrected chi connectivity index (χ3v) is 2.95. The van der Waals surface area contributed by atoms with Crippen molar-refractivity contribution in [1.82, 2.24) is 15.0 Å². The third-order valence-electron chi connectivity index (χ3n) is 2.95. The average Bonchev–Trinajstić information content (AvgIpc) is 2.56. The number of nitrogen functional groups attached to an aromatic ring is 1. The number of nitrogens with one attached hydrogen (secondary N) is 1. The summed E-state index contributed by atoms with van der Waals surface area (Å²) in [5.41, 5.74) is 6.66. The largest absolute Gasteiger partial charge is 0.481 e. The number of aryl methyl sites for hydroxylation is 1. The summed E-state index contributed by atoms with van der Waals surface area (Å²) in [6, 6.07) is 1.64. The lowest BCUT2D eigenvalue weighted by molar-refractivity contribution is 0.105. The Morgan fingerprint density at radius 3 is 2.74 bits per heavy atom. The number of hydrogen-bond donors (Lipinski definition) is 4. The normalized spacial score (nSPS) is 11.8. The molecule has 124 valence electrons. The van der Waals surface area contributed by atoms with Crippen molar-refractivity contribution in [2.24, 2.45) is 0 Å². The highest BCUT2D eigenvalue weighted by molar-refractivity contribution is 5.51. The van der Waals surface area contributed by atoms with Gasteiger partial charge in [0.2, 0.25) is 11.8 Å². The van der Waals surface area contributed by atoms with Crippen molar-refractivity contribution in [1.29, 1.82) is 0 Å². The van der Waals surface area contributed by atoms with Gasteiger partial charge in [0.15, 0.2) is 11.6 Å². The van der Waals surface area contributed by atoms with Crippen LogP contribution in [-0.2, 0) is 0 Å². The van der Waals surface area contributed by atoms with E-state index in [9.17, 15) is 5.11 Å². The van der Waals surface area contributed by atoms with E-state index in [2.05, 4.69) is 20.3 Å². The number of anilines is 2. The number of nitrogens with two attached hydrogens (primary N) is 1. The van der Waals surface area contributed by atoms with E-state index in [1.165, 1.54) is 13.3 Å². The number of hydrogen-bond acceptors (Lipinski definition) is 9. The number of ether oxygens (including phenoxy) is 2. The first-order valence-electron chi connectivity index (χ1n) is 6.87. The number of nitrogens with zero attached hydrogens (tertiary/aromatic N) is 3. The van der Waals surface area contributed by atoms with E-state index in [0.29, 0.717) is 11.6 Å². The summed E-state index contributed by atoms with van der Waals surface area (Å²) in [6.45, 7) is 1.59. The van der Waals surface area contributed by atoms with Gasteiger partial charge in [-0.25, -0.2) is 9.97 Å². The van der Waals surface area contributed by atoms with E-state index < -0.39 is 6.10 Å². The van der Waals surface area contributed by atoms with E-state index in [1.807, 2.05) is 6.92 Å². The zero-order valence-electron chi connectivity index (χ0n) is 12.9. The van der Waals surface area contributed by atoms with Crippen LogP contribution in [0, 0.1) is 6.92 Å². The maximum Gasteiger partial charge on any atom is 0.224 e. The molecule has 0 aliphatic rings. The first kappa shape index (κ1) is 16.7. The molecule has 0 saturated carbocycles. The van der Waals surface area contributed by atoms with Gasteiger partial charge in [-0.3, -0.25) is 0 Å². The highest BCUT2D eigenvalue weighted by Crippen LogP contribution is 2.30. The molecule has 9 nitrogen and oxygen atoms in total.